The predicted molar refractivity (Wildman–Crippen MR) is 151 cm³/mol. The zero-order valence-electron chi connectivity index (χ0n) is 24.3. The minimum atomic E-state index is -5.11. The Morgan fingerprint density at radius 1 is 0.932 bits per heavy atom. The van der Waals surface area contributed by atoms with Crippen molar-refractivity contribution in [2.45, 2.75) is 70.8 Å². The van der Waals surface area contributed by atoms with Crippen molar-refractivity contribution in [3.8, 4) is 5.75 Å². The Labute approximate surface area is 251 Å². The molecule has 0 saturated carbocycles. The molecular weight excluding hydrogens is 588 g/mol. The zero-order valence-corrected chi connectivity index (χ0v) is 24.3. The van der Waals surface area contributed by atoms with Crippen molar-refractivity contribution in [2.75, 3.05) is 11.5 Å². The first-order valence-electron chi connectivity index (χ1n) is 14.7. The third kappa shape index (κ3) is 6.16. The molecule has 1 N–H and O–H groups in total. The molecular formula is C33H33F6NO4. The molecule has 2 saturated heterocycles. The Bertz CT molecular complexity index is 1460. The van der Waals surface area contributed by atoms with E-state index in [0.29, 0.717) is 36.3 Å². The molecule has 2 aliphatic heterocycles. The van der Waals surface area contributed by atoms with E-state index < -0.39 is 58.7 Å². The summed E-state index contributed by atoms with van der Waals surface area (Å²) in [5.74, 6) is -3.71. The minimum Gasteiger partial charge on any atom is -0.508 e. The topological polar surface area (TPSA) is 66.8 Å². The summed E-state index contributed by atoms with van der Waals surface area (Å²) in [4.78, 5) is 27.8. The number of carbonyl (C=O) groups is 2. The molecule has 2 heterocycles. The van der Waals surface area contributed by atoms with E-state index in [1.54, 1.807) is 12.1 Å². The summed E-state index contributed by atoms with van der Waals surface area (Å²) < 4.78 is 87.5. The van der Waals surface area contributed by atoms with Crippen molar-refractivity contribution in [1.29, 1.82) is 0 Å². The number of phenolic OH excluding ortho intramolecular Hbond substituents is 1. The van der Waals surface area contributed by atoms with Crippen LogP contribution in [0.2, 0.25) is 0 Å². The van der Waals surface area contributed by atoms with Gasteiger partial charge in [0.1, 0.15) is 5.75 Å². The third-order valence-electron chi connectivity index (χ3n) is 8.83. The molecule has 0 bridgehead atoms. The van der Waals surface area contributed by atoms with Crippen molar-refractivity contribution in [3.05, 3.63) is 75.9 Å². The first kappa shape index (κ1) is 31.8. The largest absolute Gasteiger partial charge is 0.508 e. The van der Waals surface area contributed by atoms with E-state index in [2.05, 4.69) is 13.0 Å². The molecule has 11 heteroatoms. The van der Waals surface area contributed by atoms with Gasteiger partial charge in [-0.15, -0.1) is 0 Å². The van der Waals surface area contributed by atoms with Crippen molar-refractivity contribution >= 4 is 23.6 Å². The number of allylic oxidation sites excluding steroid dienone is 2. The number of nitrogens with zero attached hydrogens (tertiary/aromatic N) is 1. The maximum Gasteiger partial charge on any atom is 0.416 e. The molecule has 2 aromatic rings. The van der Waals surface area contributed by atoms with Gasteiger partial charge in [0.25, 0.3) is 0 Å². The van der Waals surface area contributed by atoms with E-state index in [1.165, 1.54) is 5.57 Å². The Kier molecular flexibility index (Phi) is 8.72. The van der Waals surface area contributed by atoms with Gasteiger partial charge < -0.3 is 9.84 Å². The number of benzene rings is 2. The highest BCUT2D eigenvalue weighted by molar-refractivity contribution is 6.22. The summed E-state index contributed by atoms with van der Waals surface area (Å²) in [5.41, 5.74) is 0.107. The standard InChI is InChI=1S/C33H33F6NO4/c1-3-5-18(12-19-6-9-24(41)10-7-19)8-11-27-28-20(4-2)13-25-29(26(28)17-44-27)31(43)40(30(25)42)23-15-21(32(34,35)36)14-22(16-23)33(37,38)39/h6-7,9-10,12,14-16,25-27,29,41H,3-5,8,11,13,17H2,1-2H3/b18-12+/t25-,26+,27-,29-/m1/s1. The molecule has 3 aliphatic rings. The fraction of sp³-hybridized carbons (Fsp3) is 0.455. The molecule has 0 radical (unpaired) electrons. The molecule has 2 fully saturated rings. The highest BCUT2D eigenvalue weighted by Crippen LogP contribution is 2.52. The van der Waals surface area contributed by atoms with Crippen LogP contribution in [0.1, 0.15) is 69.1 Å². The van der Waals surface area contributed by atoms with Crippen LogP contribution in [-0.4, -0.2) is 29.6 Å². The van der Waals surface area contributed by atoms with Gasteiger partial charge in [0, 0.05) is 5.92 Å². The molecule has 0 aromatic heterocycles. The first-order valence-corrected chi connectivity index (χ1v) is 14.7. The number of fused-ring (bicyclic) bond motifs is 3. The highest BCUT2D eigenvalue weighted by Gasteiger charge is 2.57. The number of ether oxygens (including phenoxy) is 1. The van der Waals surface area contributed by atoms with E-state index in [-0.39, 0.29) is 30.9 Å². The molecule has 44 heavy (non-hydrogen) atoms. The van der Waals surface area contributed by atoms with Gasteiger partial charge in [-0.25, -0.2) is 4.90 Å². The minimum absolute atomic E-state index is 0.0191. The molecule has 236 valence electrons. The normalized spacial score (nSPS) is 24.3. The number of amides is 2. The average molecular weight is 622 g/mol. The van der Waals surface area contributed by atoms with Gasteiger partial charge in [-0.05, 0) is 73.6 Å². The van der Waals surface area contributed by atoms with Gasteiger partial charge in [0.15, 0.2) is 0 Å². The Hall–Kier alpha value is -3.60. The molecule has 2 amide bonds. The van der Waals surface area contributed by atoms with Crippen LogP contribution in [0.4, 0.5) is 32.0 Å². The van der Waals surface area contributed by atoms with Gasteiger partial charge in [0.05, 0.1) is 41.4 Å². The molecule has 4 atom stereocenters. The summed E-state index contributed by atoms with van der Waals surface area (Å²) >= 11 is 0. The third-order valence-corrected chi connectivity index (χ3v) is 8.83. The Balaban J connectivity index is 1.42. The number of carbonyl (C=O) groups excluding carboxylic acids is 2. The quantitative estimate of drug-likeness (QED) is 0.183. The lowest BCUT2D eigenvalue weighted by molar-refractivity contribution is -0.143. The number of alkyl halides is 6. The number of halogens is 6. The fourth-order valence-corrected chi connectivity index (χ4v) is 6.85. The summed E-state index contributed by atoms with van der Waals surface area (Å²) in [6.45, 7) is 4.13. The summed E-state index contributed by atoms with van der Waals surface area (Å²) in [6.07, 6.45) is -4.62. The Morgan fingerprint density at radius 2 is 1.57 bits per heavy atom. The van der Waals surface area contributed by atoms with Crippen LogP contribution in [0.15, 0.2) is 59.2 Å². The number of hydrogen-bond acceptors (Lipinski definition) is 4. The van der Waals surface area contributed by atoms with Gasteiger partial charge in [-0.3, -0.25) is 9.59 Å². The lowest BCUT2D eigenvalue weighted by Gasteiger charge is -2.31. The van der Waals surface area contributed by atoms with Crippen LogP contribution in [0, 0.1) is 17.8 Å². The van der Waals surface area contributed by atoms with Crippen LogP contribution in [-0.2, 0) is 26.7 Å². The van der Waals surface area contributed by atoms with E-state index in [1.807, 2.05) is 19.1 Å². The number of hydrogen-bond donors (Lipinski definition) is 1. The molecule has 5 rings (SSSR count). The van der Waals surface area contributed by atoms with Gasteiger partial charge in [-0.1, -0.05) is 49.6 Å². The van der Waals surface area contributed by atoms with Gasteiger partial charge >= 0.3 is 12.4 Å². The second kappa shape index (κ2) is 12.1. The second-order valence-corrected chi connectivity index (χ2v) is 11.6. The SMILES string of the molecule is CCC/C(=C\c1ccc(O)cc1)CC[C@H]1OC[C@H]2C1=C(CC)C[C@H]1C(=O)N(c3cc(C(F)(F)F)cc(C(F)(F)F)c3)C(=O)[C@H]12. The molecule has 0 spiro atoms. The zero-order chi connectivity index (χ0) is 32.0. The van der Waals surface area contributed by atoms with Crippen molar-refractivity contribution < 1.29 is 45.8 Å². The van der Waals surface area contributed by atoms with Crippen LogP contribution in [0.25, 0.3) is 6.08 Å². The van der Waals surface area contributed by atoms with E-state index in [0.717, 1.165) is 29.6 Å². The number of imide groups is 1. The molecule has 0 unspecified atom stereocenters. The van der Waals surface area contributed by atoms with Gasteiger partial charge in [-0.2, -0.15) is 26.3 Å². The molecule has 2 aromatic carbocycles. The number of anilines is 1. The van der Waals surface area contributed by atoms with Crippen molar-refractivity contribution in [3.63, 3.8) is 0 Å². The van der Waals surface area contributed by atoms with E-state index in [9.17, 15) is 41.0 Å². The predicted octanol–water partition coefficient (Wildman–Crippen LogP) is 8.32. The monoisotopic (exact) mass is 621 g/mol. The van der Waals surface area contributed by atoms with Crippen molar-refractivity contribution in [2.24, 2.45) is 17.8 Å². The smallest absolute Gasteiger partial charge is 0.416 e. The first-order chi connectivity index (χ1) is 20.7. The average Bonchev–Trinajstić information content (AvgIpc) is 3.49. The van der Waals surface area contributed by atoms with Crippen LogP contribution >= 0.6 is 0 Å². The van der Waals surface area contributed by atoms with E-state index >= 15 is 0 Å². The summed E-state index contributed by atoms with van der Waals surface area (Å²) in [6, 6.07) is 7.72. The lowest BCUT2D eigenvalue weighted by Crippen LogP contribution is -2.34. The maximum absolute atomic E-state index is 13.7. The highest BCUT2D eigenvalue weighted by atomic mass is 19.4. The Morgan fingerprint density at radius 3 is 2.14 bits per heavy atom. The molecule has 5 nitrogen and oxygen atoms in total. The number of rotatable bonds is 8. The number of aromatic hydroxyl groups is 1. The summed E-state index contributed by atoms with van der Waals surface area (Å²) in [5, 5.41) is 9.59. The van der Waals surface area contributed by atoms with Crippen LogP contribution in [0.5, 0.6) is 5.75 Å². The summed E-state index contributed by atoms with van der Waals surface area (Å²) in [7, 11) is 0. The van der Waals surface area contributed by atoms with Crippen LogP contribution in [0.3, 0.4) is 0 Å². The molecule has 1 aliphatic carbocycles. The number of phenols is 1. The lowest BCUT2D eigenvalue weighted by atomic mass is 9.69. The van der Waals surface area contributed by atoms with Crippen molar-refractivity contribution in [1.82, 2.24) is 0 Å². The van der Waals surface area contributed by atoms with Gasteiger partial charge in [0.2, 0.25) is 11.8 Å². The maximum atomic E-state index is 13.7. The van der Waals surface area contributed by atoms with Crippen LogP contribution < -0.4 is 4.90 Å². The van der Waals surface area contributed by atoms with E-state index in [4.69, 9.17) is 4.74 Å². The fourth-order valence-electron chi connectivity index (χ4n) is 6.85. The second-order valence-electron chi connectivity index (χ2n) is 11.6.